The van der Waals surface area contributed by atoms with Gasteiger partial charge in [0.05, 0.1) is 18.5 Å². The van der Waals surface area contributed by atoms with Crippen LogP contribution in [0.5, 0.6) is 5.75 Å². The fourth-order valence-corrected chi connectivity index (χ4v) is 3.85. The number of methoxy groups -OCH3 is 1. The number of amides is 3. The first kappa shape index (κ1) is 22.0. The molecule has 0 aliphatic carbocycles. The van der Waals surface area contributed by atoms with Gasteiger partial charge in [-0.05, 0) is 68.3 Å². The summed E-state index contributed by atoms with van der Waals surface area (Å²) >= 11 is 1.47. The van der Waals surface area contributed by atoms with Crippen molar-refractivity contribution in [3.05, 3.63) is 48.5 Å². The lowest BCUT2D eigenvalue weighted by Crippen LogP contribution is -2.35. The van der Waals surface area contributed by atoms with Gasteiger partial charge in [-0.3, -0.25) is 4.79 Å². The smallest absolute Gasteiger partial charge is 0.319 e. The largest absolute Gasteiger partial charge is 0.497 e. The number of carbonyl (C=O) groups excluding carboxylic acids is 2. The van der Waals surface area contributed by atoms with E-state index in [0.717, 1.165) is 30.1 Å². The molecule has 0 saturated carbocycles. The molecule has 3 N–H and O–H groups in total. The van der Waals surface area contributed by atoms with Crippen LogP contribution >= 0.6 is 11.8 Å². The molecule has 8 heteroatoms. The Kier molecular flexibility index (Phi) is 7.98. The van der Waals surface area contributed by atoms with Gasteiger partial charge in [-0.1, -0.05) is 0 Å². The van der Waals surface area contributed by atoms with Crippen LogP contribution in [-0.4, -0.2) is 43.6 Å². The lowest BCUT2D eigenvalue weighted by molar-refractivity contribution is -0.115. The van der Waals surface area contributed by atoms with Crippen molar-refractivity contribution in [2.75, 3.05) is 30.9 Å². The summed E-state index contributed by atoms with van der Waals surface area (Å²) in [6.07, 6.45) is 2.12. The number of hydrogen-bond acceptors (Lipinski definition) is 5. The van der Waals surface area contributed by atoms with Gasteiger partial charge in [-0.15, -0.1) is 11.8 Å². The van der Waals surface area contributed by atoms with E-state index in [1.54, 1.807) is 31.4 Å². The molecule has 1 fully saturated rings. The van der Waals surface area contributed by atoms with Crippen molar-refractivity contribution in [2.24, 2.45) is 0 Å². The van der Waals surface area contributed by atoms with Crippen LogP contribution in [0.25, 0.3) is 0 Å². The normalized spacial score (nSPS) is 16.5. The number of benzene rings is 2. The minimum absolute atomic E-state index is 0.0918. The Morgan fingerprint density at radius 2 is 1.77 bits per heavy atom. The van der Waals surface area contributed by atoms with Crippen LogP contribution in [0.2, 0.25) is 0 Å². The molecule has 2 aromatic rings. The highest BCUT2D eigenvalue weighted by Crippen LogP contribution is 2.26. The summed E-state index contributed by atoms with van der Waals surface area (Å²) in [5.74, 6) is 0.691. The summed E-state index contributed by atoms with van der Waals surface area (Å²) in [6, 6.07) is 14.4. The number of carbonyl (C=O) groups is 2. The van der Waals surface area contributed by atoms with Gasteiger partial charge in [-0.2, -0.15) is 0 Å². The zero-order chi connectivity index (χ0) is 21.3. The third-order valence-corrected chi connectivity index (χ3v) is 5.78. The molecular formula is C22H27N3O4S. The fourth-order valence-electron chi connectivity index (χ4n) is 2.98. The van der Waals surface area contributed by atoms with Crippen molar-refractivity contribution >= 4 is 35.1 Å². The summed E-state index contributed by atoms with van der Waals surface area (Å²) in [6.45, 7) is 3.13. The predicted molar refractivity (Wildman–Crippen MR) is 119 cm³/mol. The average Bonchev–Trinajstić information content (AvgIpc) is 3.28. The molecule has 1 saturated heterocycles. The van der Waals surface area contributed by atoms with E-state index in [9.17, 15) is 9.59 Å². The van der Waals surface area contributed by atoms with Gasteiger partial charge in [0.25, 0.3) is 0 Å². The zero-order valence-electron chi connectivity index (χ0n) is 17.1. The molecule has 0 bridgehead atoms. The van der Waals surface area contributed by atoms with Crippen LogP contribution in [-0.2, 0) is 9.53 Å². The number of anilines is 2. The molecule has 2 aromatic carbocycles. The van der Waals surface area contributed by atoms with E-state index < -0.39 is 0 Å². The van der Waals surface area contributed by atoms with Gasteiger partial charge < -0.3 is 25.4 Å². The molecule has 1 aliphatic rings. The van der Waals surface area contributed by atoms with E-state index in [4.69, 9.17) is 9.47 Å². The number of rotatable bonds is 8. The second kappa shape index (κ2) is 10.9. The van der Waals surface area contributed by atoms with Crippen molar-refractivity contribution in [1.29, 1.82) is 0 Å². The first-order valence-electron chi connectivity index (χ1n) is 9.91. The molecule has 0 spiro atoms. The molecule has 0 radical (unpaired) electrons. The second-order valence-corrected chi connectivity index (χ2v) is 8.39. The third-order valence-electron chi connectivity index (χ3n) is 4.67. The molecule has 30 heavy (non-hydrogen) atoms. The van der Waals surface area contributed by atoms with E-state index >= 15 is 0 Å². The molecule has 0 aromatic heterocycles. The number of hydrogen-bond donors (Lipinski definition) is 3. The van der Waals surface area contributed by atoms with Crippen LogP contribution in [0, 0.1) is 0 Å². The van der Waals surface area contributed by atoms with E-state index in [2.05, 4.69) is 16.0 Å². The summed E-state index contributed by atoms with van der Waals surface area (Å²) in [5, 5.41) is 8.22. The lowest BCUT2D eigenvalue weighted by atomic mass is 10.2. The van der Waals surface area contributed by atoms with Gasteiger partial charge in [-0.25, -0.2) is 4.79 Å². The zero-order valence-corrected chi connectivity index (χ0v) is 18.0. The van der Waals surface area contributed by atoms with E-state index in [0.29, 0.717) is 17.9 Å². The topological polar surface area (TPSA) is 88.7 Å². The summed E-state index contributed by atoms with van der Waals surface area (Å²) in [5.41, 5.74) is 1.32. The van der Waals surface area contributed by atoms with Crippen LogP contribution < -0.4 is 20.7 Å². The third kappa shape index (κ3) is 6.67. The maximum atomic E-state index is 12.5. The SMILES string of the molecule is COc1ccc(SC(C)C(=O)Nc2ccc(NC(=O)NCC3CCCO3)cc2)cc1. The van der Waals surface area contributed by atoms with E-state index in [-0.39, 0.29) is 23.3 Å². The van der Waals surface area contributed by atoms with E-state index in [1.807, 2.05) is 31.2 Å². The quantitative estimate of drug-likeness (QED) is 0.550. The van der Waals surface area contributed by atoms with Gasteiger partial charge in [0.2, 0.25) is 5.91 Å². The van der Waals surface area contributed by atoms with Gasteiger partial charge in [0.1, 0.15) is 5.75 Å². The fraction of sp³-hybridized carbons (Fsp3) is 0.364. The Labute approximate surface area is 180 Å². The summed E-state index contributed by atoms with van der Waals surface area (Å²) < 4.78 is 10.6. The number of thioether (sulfide) groups is 1. The Bertz CT molecular complexity index is 836. The van der Waals surface area contributed by atoms with Crippen molar-refractivity contribution in [3.8, 4) is 5.75 Å². The number of urea groups is 1. The maximum Gasteiger partial charge on any atom is 0.319 e. The van der Waals surface area contributed by atoms with E-state index in [1.165, 1.54) is 11.8 Å². The highest BCUT2D eigenvalue weighted by atomic mass is 32.2. The highest BCUT2D eigenvalue weighted by Gasteiger charge is 2.17. The van der Waals surface area contributed by atoms with Crippen molar-refractivity contribution < 1.29 is 19.1 Å². The molecule has 7 nitrogen and oxygen atoms in total. The van der Waals surface area contributed by atoms with Gasteiger partial charge in [0, 0.05) is 29.4 Å². The minimum atomic E-state index is -0.271. The molecule has 2 unspecified atom stereocenters. The molecule has 2 atom stereocenters. The Morgan fingerprint density at radius 3 is 2.37 bits per heavy atom. The van der Waals surface area contributed by atoms with Gasteiger partial charge >= 0.3 is 6.03 Å². The second-order valence-electron chi connectivity index (χ2n) is 6.97. The first-order chi connectivity index (χ1) is 14.5. The van der Waals surface area contributed by atoms with Crippen molar-refractivity contribution in [3.63, 3.8) is 0 Å². The van der Waals surface area contributed by atoms with Crippen molar-refractivity contribution in [1.82, 2.24) is 5.32 Å². The van der Waals surface area contributed by atoms with Crippen LogP contribution in [0.3, 0.4) is 0 Å². The number of ether oxygens (including phenoxy) is 2. The first-order valence-corrected chi connectivity index (χ1v) is 10.8. The Balaban J connectivity index is 1.44. The minimum Gasteiger partial charge on any atom is -0.497 e. The molecule has 160 valence electrons. The lowest BCUT2D eigenvalue weighted by Gasteiger charge is -2.13. The molecule has 1 aliphatic heterocycles. The highest BCUT2D eigenvalue weighted by molar-refractivity contribution is 8.00. The molecule has 1 heterocycles. The number of nitrogens with one attached hydrogen (secondary N) is 3. The summed E-state index contributed by atoms with van der Waals surface area (Å²) in [7, 11) is 1.62. The van der Waals surface area contributed by atoms with Crippen LogP contribution in [0.4, 0.5) is 16.2 Å². The van der Waals surface area contributed by atoms with Crippen molar-refractivity contribution in [2.45, 2.75) is 36.0 Å². The average molecular weight is 430 g/mol. The molecule has 3 amide bonds. The Hall–Kier alpha value is -2.71. The monoisotopic (exact) mass is 429 g/mol. The van der Waals surface area contributed by atoms with Gasteiger partial charge in [0.15, 0.2) is 0 Å². The maximum absolute atomic E-state index is 12.5. The molecule has 3 rings (SSSR count). The predicted octanol–water partition coefficient (Wildman–Crippen LogP) is 4.12. The standard InChI is InChI=1S/C22H27N3O4S/c1-15(30-20-11-9-18(28-2)10-12-20)21(26)24-16-5-7-17(8-6-16)25-22(27)23-14-19-4-3-13-29-19/h5-12,15,19H,3-4,13-14H2,1-2H3,(H,24,26)(H2,23,25,27). The molecular weight excluding hydrogens is 402 g/mol. The Morgan fingerprint density at radius 1 is 1.10 bits per heavy atom. The summed E-state index contributed by atoms with van der Waals surface area (Å²) in [4.78, 5) is 25.4. The van der Waals surface area contributed by atoms with Crippen LogP contribution in [0.1, 0.15) is 19.8 Å². The van der Waals surface area contributed by atoms with Crippen LogP contribution in [0.15, 0.2) is 53.4 Å².